The van der Waals surface area contributed by atoms with Crippen LogP contribution in [0.1, 0.15) is 5.69 Å². The number of aromatic nitrogens is 2. The first kappa shape index (κ1) is 20.2. The van der Waals surface area contributed by atoms with Crippen molar-refractivity contribution in [3.05, 3.63) is 72.2 Å². The van der Waals surface area contributed by atoms with Crippen molar-refractivity contribution in [2.24, 2.45) is 0 Å². The summed E-state index contributed by atoms with van der Waals surface area (Å²) in [5.41, 5.74) is 9.87. The maximum atomic E-state index is 14.6. The predicted molar refractivity (Wildman–Crippen MR) is 118 cm³/mol. The average Bonchev–Trinajstić information content (AvgIpc) is 3.10. The minimum Gasteiger partial charge on any atom is -0.375 e. The molecule has 0 unspecified atom stereocenters. The van der Waals surface area contributed by atoms with E-state index in [2.05, 4.69) is 9.97 Å². The van der Waals surface area contributed by atoms with E-state index < -0.39 is 15.7 Å². The summed E-state index contributed by atoms with van der Waals surface area (Å²) < 4.78 is 38.0. The van der Waals surface area contributed by atoms with Crippen molar-refractivity contribution in [1.29, 1.82) is 0 Å². The molecule has 4 rings (SSSR count). The lowest BCUT2D eigenvalue weighted by molar-refractivity contribution is 0.602. The number of sulfone groups is 1. The molecular formula is C22H18FN3O2S2. The quantitative estimate of drug-likeness (QED) is 0.485. The van der Waals surface area contributed by atoms with Crippen molar-refractivity contribution in [2.45, 2.75) is 11.8 Å². The molecule has 2 aromatic carbocycles. The summed E-state index contributed by atoms with van der Waals surface area (Å²) in [7, 11) is -3.32. The zero-order valence-corrected chi connectivity index (χ0v) is 17.9. The first-order valence-electron chi connectivity index (χ1n) is 9.03. The highest BCUT2D eigenvalue weighted by Crippen LogP contribution is 2.39. The third-order valence-corrected chi connectivity index (χ3v) is 6.66. The van der Waals surface area contributed by atoms with E-state index in [1.165, 1.54) is 29.5 Å². The summed E-state index contributed by atoms with van der Waals surface area (Å²) >= 11 is 1.31. The molecule has 30 heavy (non-hydrogen) atoms. The second-order valence-electron chi connectivity index (χ2n) is 6.89. The molecule has 0 aliphatic carbocycles. The van der Waals surface area contributed by atoms with E-state index in [0.29, 0.717) is 27.6 Å². The largest absolute Gasteiger partial charge is 0.375 e. The smallest absolute Gasteiger partial charge is 0.181 e. The molecular weight excluding hydrogens is 421 g/mol. The van der Waals surface area contributed by atoms with E-state index in [9.17, 15) is 12.8 Å². The highest BCUT2D eigenvalue weighted by molar-refractivity contribution is 7.90. The Morgan fingerprint density at radius 2 is 1.67 bits per heavy atom. The fraction of sp³-hybridized carbons (Fsp3) is 0.0909. The summed E-state index contributed by atoms with van der Waals surface area (Å²) in [6.45, 7) is 1.90. The van der Waals surface area contributed by atoms with Gasteiger partial charge in [0.1, 0.15) is 11.5 Å². The number of benzene rings is 2. The maximum Gasteiger partial charge on any atom is 0.181 e. The van der Waals surface area contributed by atoms with Crippen molar-refractivity contribution in [3.8, 4) is 33.0 Å². The lowest BCUT2D eigenvalue weighted by Gasteiger charge is -2.09. The zero-order chi connectivity index (χ0) is 21.5. The van der Waals surface area contributed by atoms with E-state index in [-0.39, 0.29) is 4.90 Å². The van der Waals surface area contributed by atoms with Crippen LogP contribution in [-0.4, -0.2) is 24.6 Å². The first-order valence-corrected chi connectivity index (χ1v) is 11.7. The van der Waals surface area contributed by atoms with Crippen LogP contribution in [0.5, 0.6) is 0 Å². The molecule has 0 saturated heterocycles. The maximum absolute atomic E-state index is 14.6. The zero-order valence-electron chi connectivity index (χ0n) is 16.3. The van der Waals surface area contributed by atoms with Gasteiger partial charge in [0.15, 0.2) is 15.0 Å². The molecule has 0 spiro atoms. The third kappa shape index (κ3) is 3.96. The van der Waals surface area contributed by atoms with Crippen LogP contribution in [0.25, 0.3) is 33.0 Å². The Balaban J connectivity index is 1.82. The number of aryl methyl sites for hydroxylation is 1. The molecule has 4 aromatic rings. The van der Waals surface area contributed by atoms with Crippen LogP contribution in [0, 0.1) is 12.7 Å². The molecule has 0 amide bonds. The normalized spacial score (nSPS) is 11.6. The van der Waals surface area contributed by atoms with Gasteiger partial charge in [-0.25, -0.2) is 17.8 Å². The van der Waals surface area contributed by atoms with Gasteiger partial charge in [0, 0.05) is 17.5 Å². The molecule has 0 saturated carbocycles. The Kier molecular flexibility index (Phi) is 5.13. The summed E-state index contributed by atoms with van der Waals surface area (Å²) in [6.07, 6.45) is 1.14. The van der Waals surface area contributed by atoms with Gasteiger partial charge in [-0.1, -0.05) is 35.6 Å². The monoisotopic (exact) mass is 439 g/mol. The number of nitrogen functional groups attached to an aromatic ring is 1. The Morgan fingerprint density at radius 1 is 0.967 bits per heavy atom. The number of thiazole rings is 1. The minimum atomic E-state index is -3.32. The van der Waals surface area contributed by atoms with E-state index in [4.69, 9.17) is 5.73 Å². The van der Waals surface area contributed by atoms with Gasteiger partial charge >= 0.3 is 0 Å². The summed E-state index contributed by atoms with van der Waals surface area (Å²) in [5, 5.41) is 0.395. The molecule has 0 radical (unpaired) electrons. The Hall–Kier alpha value is -3.10. The van der Waals surface area contributed by atoms with Gasteiger partial charge in [0.25, 0.3) is 0 Å². The number of anilines is 1. The molecule has 152 valence electrons. The Bertz CT molecular complexity index is 1350. The number of rotatable bonds is 4. The standard InChI is InChI=1S/C22H18FN3O2S2/c1-13-4-3-5-19(25-13)20-21(29-22(24)26-20)15-8-11-18(23)17(12-15)14-6-9-16(10-7-14)30(2,27)28/h3-12H,1-2H3,(H2,24,26). The van der Waals surface area contributed by atoms with E-state index in [1.807, 2.05) is 25.1 Å². The van der Waals surface area contributed by atoms with E-state index in [0.717, 1.165) is 22.4 Å². The molecule has 2 N–H and O–H groups in total. The molecule has 8 heteroatoms. The predicted octanol–water partition coefficient (Wildman–Crippen LogP) is 4.97. The van der Waals surface area contributed by atoms with E-state index in [1.54, 1.807) is 24.3 Å². The van der Waals surface area contributed by atoms with Gasteiger partial charge in [-0.3, -0.25) is 4.98 Å². The molecule has 0 bridgehead atoms. The summed E-state index contributed by atoms with van der Waals surface area (Å²) in [4.78, 5) is 9.94. The van der Waals surface area contributed by atoms with Crippen molar-refractivity contribution >= 4 is 26.3 Å². The molecule has 0 aliphatic rings. The van der Waals surface area contributed by atoms with Crippen molar-refractivity contribution in [2.75, 3.05) is 12.0 Å². The van der Waals surface area contributed by atoms with Crippen LogP contribution in [0.3, 0.4) is 0 Å². The first-order chi connectivity index (χ1) is 14.2. The van der Waals surface area contributed by atoms with Gasteiger partial charge in [-0.2, -0.15) is 0 Å². The lowest BCUT2D eigenvalue weighted by Crippen LogP contribution is -1.96. The number of nitrogens with zero attached hydrogens (tertiary/aromatic N) is 2. The van der Waals surface area contributed by atoms with Gasteiger partial charge < -0.3 is 5.73 Å². The topological polar surface area (TPSA) is 85.9 Å². The van der Waals surface area contributed by atoms with Gasteiger partial charge in [0.2, 0.25) is 0 Å². The molecule has 2 aromatic heterocycles. The fourth-order valence-corrected chi connectivity index (χ4v) is 4.62. The highest BCUT2D eigenvalue weighted by Gasteiger charge is 2.17. The van der Waals surface area contributed by atoms with Gasteiger partial charge in [-0.15, -0.1) is 0 Å². The number of nitrogens with two attached hydrogens (primary N) is 1. The Labute approximate surface area is 178 Å². The molecule has 2 heterocycles. The van der Waals surface area contributed by atoms with Crippen LogP contribution in [0.4, 0.5) is 9.52 Å². The van der Waals surface area contributed by atoms with Crippen LogP contribution in [0.15, 0.2) is 65.6 Å². The molecule has 5 nitrogen and oxygen atoms in total. The number of hydrogen-bond acceptors (Lipinski definition) is 6. The number of hydrogen-bond donors (Lipinski definition) is 1. The molecule has 0 atom stereocenters. The van der Waals surface area contributed by atoms with Crippen molar-refractivity contribution in [1.82, 2.24) is 9.97 Å². The Morgan fingerprint density at radius 3 is 2.33 bits per heavy atom. The van der Waals surface area contributed by atoms with Crippen molar-refractivity contribution in [3.63, 3.8) is 0 Å². The summed E-state index contributed by atoms with van der Waals surface area (Å²) in [5.74, 6) is -0.404. The number of pyridine rings is 1. The van der Waals surface area contributed by atoms with Crippen LogP contribution in [-0.2, 0) is 9.84 Å². The molecule has 0 fully saturated rings. The second kappa shape index (κ2) is 7.62. The van der Waals surface area contributed by atoms with Gasteiger partial charge in [-0.05, 0) is 54.4 Å². The lowest BCUT2D eigenvalue weighted by atomic mass is 10.0. The minimum absolute atomic E-state index is 0.186. The summed E-state index contributed by atoms with van der Waals surface area (Å²) in [6, 6.07) is 16.6. The third-order valence-electron chi connectivity index (χ3n) is 4.60. The fourth-order valence-electron chi connectivity index (χ4n) is 3.15. The molecule has 0 aliphatic heterocycles. The van der Waals surface area contributed by atoms with Crippen molar-refractivity contribution < 1.29 is 12.8 Å². The SMILES string of the molecule is Cc1cccc(-c2nc(N)sc2-c2ccc(F)c(-c3ccc(S(C)(=O)=O)cc3)c2)n1. The van der Waals surface area contributed by atoms with Gasteiger partial charge in [0.05, 0.1) is 15.5 Å². The highest BCUT2D eigenvalue weighted by atomic mass is 32.2. The average molecular weight is 440 g/mol. The van der Waals surface area contributed by atoms with Crippen LogP contribution < -0.4 is 5.73 Å². The van der Waals surface area contributed by atoms with Crippen LogP contribution >= 0.6 is 11.3 Å². The number of halogens is 1. The second-order valence-corrected chi connectivity index (χ2v) is 9.93. The van der Waals surface area contributed by atoms with E-state index >= 15 is 0 Å². The van der Waals surface area contributed by atoms with Crippen LogP contribution in [0.2, 0.25) is 0 Å².